The van der Waals surface area contributed by atoms with Crippen molar-refractivity contribution >= 4 is 11.7 Å². The highest BCUT2D eigenvalue weighted by atomic mass is 19.1. The molecule has 0 radical (unpaired) electrons. The van der Waals surface area contributed by atoms with Crippen molar-refractivity contribution in [2.45, 2.75) is 52.7 Å². The number of hydrogen-bond acceptors (Lipinski definition) is 5. The van der Waals surface area contributed by atoms with Gasteiger partial charge in [-0.25, -0.2) is 9.37 Å². The molecule has 158 valence electrons. The lowest BCUT2D eigenvalue weighted by atomic mass is 10.00. The van der Waals surface area contributed by atoms with Crippen LogP contribution in [0.4, 0.5) is 10.2 Å². The number of aromatic nitrogens is 1. The Hall–Kier alpha value is -1.57. The van der Waals surface area contributed by atoms with Gasteiger partial charge in [-0.2, -0.15) is 0 Å². The zero-order chi connectivity index (χ0) is 20.7. The molecule has 0 atom stereocenters. The minimum absolute atomic E-state index is 0.116. The van der Waals surface area contributed by atoms with Gasteiger partial charge in [0.1, 0.15) is 0 Å². The van der Waals surface area contributed by atoms with Crippen molar-refractivity contribution in [2.24, 2.45) is 0 Å². The maximum absolute atomic E-state index is 14.3. The highest BCUT2D eigenvalue weighted by molar-refractivity contribution is 5.92. The highest BCUT2D eigenvalue weighted by Crippen LogP contribution is 2.24. The molecule has 0 bridgehead atoms. The van der Waals surface area contributed by atoms with Gasteiger partial charge in [0.2, 0.25) is 5.91 Å². The molecule has 1 aromatic heterocycles. The Labute approximate surface area is 168 Å². The predicted octanol–water partition coefficient (Wildman–Crippen LogP) is 2.78. The number of hydrogen-bond donors (Lipinski definition) is 0. The molecule has 0 aromatic carbocycles. The highest BCUT2D eigenvalue weighted by Gasteiger charge is 2.34. The standard InChI is InChI=1S/C21H35FN4O2/c1-6-19(27)26(20-18(22)8-7-9-23-20)16-21(4,5)25-12-10-24(11-13-25)14-15-28-17(2)3/h7-9,17H,6,10-16H2,1-5H3. The average molecular weight is 395 g/mol. The molecular formula is C21H35FN4O2. The maximum atomic E-state index is 14.3. The van der Waals surface area contributed by atoms with Gasteiger partial charge in [-0.15, -0.1) is 0 Å². The van der Waals surface area contributed by atoms with E-state index in [4.69, 9.17) is 4.74 Å². The summed E-state index contributed by atoms with van der Waals surface area (Å²) in [5, 5.41) is 0. The maximum Gasteiger partial charge on any atom is 0.228 e. The third kappa shape index (κ3) is 6.22. The number of halogens is 1. The smallest absolute Gasteiger partial charge is 0.228 e. The first kappa shape index (κ1) is 22.7. The van der Waals surface area contributed by atoms with Crippen LogP contribution < -0.4 is 4.90 Å². The quantitative estimate of drug-likeness (QED) is 0.645. The summed E-state index contributed by atoms with van der Waals surface area (Å²) in [4.78, 5) is 22.9. The first-order valence-electron chi connectivity index (χ1n) is 10.2. The van der Waals surface area contributed by atoms with Gasteiger partial charge < -0.3 is 4.74 Å². The molecule has 1 saturated heterocycles. The number of pyridine rings is 1. The van der Waals surface area contributed by atoms with E-state index in [-0.39, 0.29) is 23.4 Å². The van der Waals surface area contributed by atoms with Gasteiger partial charge in [0.25, 0.3) is 0 Å². The molecule has 2 heterocycles. The third-order valence-corrected chi connectivity index (χ3v) is 5.23. The number of carbonyl (C=O) groups excluding carboxylic acids is 1. The summed E-state index contributed by atoms with van der Waals surface area (Å²) in [5.41, 5.74) is -0.282. The minimum atomic E-state index is -0.463. The molecule has 0 saturated carbocycles. The van der Waals surface area contributed by atoms with Crippen LogP contribution in [0.3, 0.4) is 0 Å². The van der Waals surface area contributed by atoms with Crippen molar-refractivity contribution < 1.29 is 13.9 Å². The zero-order valence-electron chi connectivity index (χ0n) is 17.9. The molecule has 0 N–H and O–H groups in total. The van der Waals surface area contributed by atoms with E-state index in [2.05, 4.69) is 28.6 Å². The fourth-order valence-electron chi connectivity index (χ4n) is 3.53. The largest absolute Gasteiger partial charge is 0.377 e. The zero-order valence-corrected chi connectivity index (χ0v) is 17.9. The normalized spacial score (nSPS) is 16.5. The Kier molecular flexibility index (Phi) is 8.34. The lowest BCUT2D eigenvalue weighted by molar-refractivity contribution is -0.118. The van der Waals surface area contributed by atoms with Crippen molar-refractivity contribution in [3.63, 3.8) is 0 Å². The SMILES string of the molecule is CCC(=O)N(CC(C)(C)N1CCN(CCOC(C)C)CC1)c1ncccc1F. The Balaban J connectivity index is 1.99. The second kappa shape index (κ2) is 10.3. The van der Waals surface area contributed by atoms with Crippen molar-refractivity contribution in [1.29, 1.82) is 0 Å². The first-order valence-corrected chi connectivity index (χ1v) is 10.2. The summed E-state index contributed by atoms with van der Waals surface area (Å²) in [6.07, 6.45) is 2.10. The molecule has 1 fully saturated rings. The van der Waals surface area contributed by atoms with Gasteiger partial charge in [-0.1, -0.05) is 6.92 Å². The van der Waals surface area contributed by atoms with Crippen LogP contribution >= 0.6 is 0 Å². The number of ether oxygens (including phenoxy) is 1. The monoisotopic (exact) mass is 394 g/mol. The lowest BCUT2D eigenvalue weighted by Gasteiger charge is -2.45. The molecule has 7 heteroatoms. The second-order valence-electron chi connectivity index (χ2n) is 8.20. The van der Waals surface area contributed by atoms with E-state index in [1.165, 1.54) is 17.2 Å². The van der Waals surface area contributed by atoms with Crippen molar-refractivity contribution in [2.75, 3.05) is 50.8 Å². The summed E-state index contributed by atoms with van der Waals surface area (Å²) < 4.78 is 19.9. The number of nitrogens with zero attached hydrogens (tertiary/aromatic N) is 4. The van der Waals surface area contributed by atoms with Crippen LogP contribution in [0.25, 0.3) is 0 Å². The number of carbonyl (C=O) groups is 1. The number of piperazine rings is 1. The third-order valence-electron chi connectivity index (χ3n) is 5.23. The number of anilines is 1. The van der Waals surface area contributed by atoms with Crippen molar-refractivity contribution in [3.05, 3.63) is 24.1 Å². The molecule has 1 amide bonds. The summed E-state index contributed by atoms with van der Waals surface area (Å²) in [5.74, 6) is -0.461. The van der Waals surface area contributed by atoms with E-state index in [1.54, 1.807) is 13.0 Å². The molecule has 2 rings (SSSR count). The number of rotatable bonds is 9. The Morgan fingerprint density at radius 1 is 1.32 bits per heavy atom. The molecule has 1 aliphatic heterocycles. The van der Waals surface area contributed by atoms with E-state index in [1.807, 2.05) is 13.8 Å². The van der Waals surface area contributed by atoms with Gasteiger partial charge in [0.15, 0.2) is 11.6 Å². The van der Waals surface area contributed by atoms with Crippen LogP contribution in [0.1, 0.15) is 41.0 Å². The molecule has 0 unspecified atom stereocenters. The molecule has 1 aliphatic rings. The number of amides is 1. The second-order valence-corrected chi connectivity index (χ2v) is 8.20. The molecular weight excluding hydrogens is 359 g/mol. The fraction of sp³-hybridized carbons (Fsp3) is 0.714. The summed E-state index contributed by atoms with van der Waals surface area (Å²) in [6.45, 7) is 16.0. The summed E-state index contributed by atoms with van der Waals surface area (Å²) in [7, 11) is 0. The molecule has 6 nitrogen and oxygen atoms in total. The van der Waals surface area contributed by atoms with E-state index in [0.29, 0.717) is 13.0 Å². The molecule has 28 heavy (non-hydrogen) atoms. The van der Waals surface area contributed by atoms with Gasteiger partial charge in [-0.3, -0.25) is 19.5 Å². The van der Waals surface area contributed by atoms with Crippen LogP contribution in [0.15, 0.2) is 18.3 Å². The van der Waals surface area contributed by atoms with Crippen molar-refractivity contribution in [1.82, 2.24) is 14.8 Å². The van der Waals surface area contributed by atoms with Gasteiger partial charge in [-0.05, 0) is 39.8 Å². The Morgan fingerprint density at radius 2 is 2.00 bits per heavy atom. The Bertz CT molecular complexity index is 631. The van der Waals surface area contributed by atoms with E-state index in [9.17, 15) is 9.18 Å². The van der Waals surface area contributed by atoms with E-state index < -0.39 is 5.82 Å². The van der Waals surface area contributed by atoms with Crippen LogP contribution in [-0.4, -0.2) is 78.2 Å². The lowest BCUT2D eigenvalue weighted by Crippen LogP contribution is -2.59. The van der Waals surface area contributed by atoms with Gasteiger partial charge in [0, 0.05) is 57.4 Å². The van der Waals surface area contributed by atoms with Gasteiger partial charge >= 0.3 is 0 Å². The predicted molar refractivity (Wildman–Crippen MR) is 110 cm³/mol. The van der Waals surface area contributed by atoms with E-state index in [0.717, 1.165) is 39.3 Å². The van der Waals surface area contributed by atoms with Crippen LogP contribution in [0, 0.1) is 5.82 Å². The summed E-state index contributed by atoms with van der Waals surface area (Å²) >= 11 is 0. The van der Waals surface area contributed by atoms with Crippen LogP contribution in [0.2, 0.25) is 0 Å². The van der Waals surface area contributed by atoms with Crippen LogP contribution in [-0.2, 0) is 9.53 Å². The first-order chi connectivity index (χ1) is 13.2. The molecule has 0 aliphatic carbocycles. The van der Waals surface area contributed by atoms with Crippen LogP contribution in [0.5, 0.6) is 0 Å². The van der Waals surface area contributed by atoms with Gasteiger partial charge in [0.05, 0.1) is 12.7 Å². The summed E-state index contributed by atoms with van der Waals surface area (Å²) in [6, 6.07) is 2.89. The van der Waals surface area contributed by atoms with Crippen molar-refractivity contribution in [3.8, 4) is 0 Å². The topological polar surface area (TPSA) is 48.9 Å². The average Bonchev–Trinajstić information content (AvgIpc) is 2.66. The fourth-order valence-corrected chi connectivity index (χ4v) is 3.53. The molecule has 1 aromatic rings. The Morgan fingerprint density at radius 3 is 2.57 bits per heavy atom. The molecule has 0 spiro atoms. The minimum Gasteiger partial charge on any atom is -0.377 e. The van der Waals surface area contributed by atoms with E-state index >= 15 is 0 Å².